The highest BCUT2D eigenvalue weighted by Crippen LogP contribution is 2.32. The number of aryl methyl sites for hydroxylation is 2. The van der Waals surface area contributed by atoms with Gasteiger partial charge in [-0.15, -0.1) is 11.3 Å². The van der Waals surface area contributed by atoms with Gasteiger partial charge < -0.3 is 4.74 Å². The van der Waals surface area contributed by atoms with Crippen LogP contribution in [0.2, 0.25) is 0 Å². The molecule has 1 aliphatic rings. The number of thiazole rings is 1. The van der Waals surface area contributed by atoms with Crippen molar-refractivity contribution >= 4 is 22.4 Å². The second kappa shape index (κ2) is 6.48. The summed E-state index contributed by atoms with van der Waals surface area (Å²) in [7, 11) is 0. The molecule has 1 aromatic heterocycles. The maximum absolute atomic E-state index is 12.0. The predicted octanol–water partition coefficient (Wildman–Crippen LogP) is 3.59. The number of aromatic nitrogens is 1. The Morgan fingerprint density at radius 1 is 1.50 bits per heavy atom. The smallest absolute Gasteiger partial charge is 0.264 e. The fourth-order valence-electron chi connectivity index (χ4n) is 2.60. The molecule has 0 saturated heterocycles. The topological polar surface area (TPSA) is 51.2 Å². The predicted molar refractivity (Wildman–Crippen MR) is 88.6 cm³/mol. The van der Waals surface area contributed by atoms with Gasteiger partial charge in [-0.25, -0.2) is 4.98 Å². The van der Waals surface area contributed by atoms with Gasteiger partial charge in [-0.05, 0) is 49.8 Å². The summed E-state index contributed by atoms with van der Waals surface area (Å²) in [5.74, 6) is 1.25. The average Bonchev–Trinajstić information content (AvgIpc) is 2.86. The van der Waals surface area contributed by atoms with Gasteiger partial charge in [-0.2, -0.15) is 0 Å². The Balaban J connectivity index is 1.56. The molecule has 22 heavy (non-hydrogen) atoms. The Morgan fingerprint density at radius 3 is 3.18 bits per heavy atom. The first kappa shape index (κ1) is 15.0. The number of nitrogens with zero attached hydrogens (tertiary/aromatic N) is 1. The van der Waals surface area contributed by atoms with E-state index in [1.807, 2.05) is 31.2 Å². The van der Waals surface area contributed by atoms with Gasteiger partial charge in [0.25, 0.3) is 5.91 Å². The normalized spacial score (nSPS) is 16.9. The SMILES string of the molecule is Cc1cccc(OCC(=O)Nc2nc3c(s2)C[C@@H](C)CC3)c1. The number of rotatable bonds is 4. The first-order valence-corrected chi connectivity index (χ1v) is 8.39. The minimum Gasteiger partial charge on any atom is -0.484 e. The van der Waals surface area contributed by atoms with Crippen LogP contribution in [0, 0.1) is 12.8 Å². The molecule has 0 unspecified atom stereocenters. The zero-order valence-electron chi connectivity index (χ0n) is 12.9. The quantitative estimate of drug-likeness (QED) is 0.938. The van der Waals surface area contributed by atoms with Crippen LogP contribution >= 0.6 is 11.3 Å². The minimum absolute atomic E-state index is 0.00407. The number of ether oxygens (including phenoxy) is 1. The van der Waals surface area contributed by atoms with Crippen molar-refractivity contribution in [2.75, 3.05) is 11.9 Å². The van der Waals surface area contributed by atoms with Gasteiger partial charge in [0.05, 0.1) is 5.69 Å². The van der Waals surface area contributed by atoms with E-state index < -0.39 is 0 Å². The van der Waals surface area contributed by atoms with E-state index in [0.717, 1.165) is 24.1 Å². The maximum atomic E-state index is 12.0. The van der Waals surface area contributed by atoms with Gasteiger partial charge in [0.1, 0.15) is 5.75 Å². The molecule has 0 saturated carbocycles. The van der Waals surface area contributed by atoms with Crippen molar-refractivity contribution in [3.8, 4) is 5.75 Å². The summed E-state index contributed by atoms with van der Waals surface area (Å²) >= 11 is 1.59. The number of carbonyl (C=O) groups is 1. The summed E-state index contributed by atoms with van der Waals surface area (Å²) in [4.78, 5) is 17.8. The van der Waals surface area contributed by atoms with Crippen molar-refractivity contribution in [1.29, 1.82) is 0 Å². The van der Waals surface area contributed by atoms with Crippen LogP contribution in [0.3, 0.4) is 0 Å². The Bertz CT molecular complexity index is 681. The number of hydrogen-bond acceptors (Lipinski definition) is 4. The third kappa shape index (κ3) is 3.65. The number of hydrogen-bond donors (Lipinski definition) is 1. The molecule has 2 aromatic rings. The lowest BCUT2D eigenvalue weighted by molar-refractivity contribution is -0.118. The highest BCUT2D eigenvalue weighted by Gasteiger charge is 2.20. The molecule has 0 aliphatic heterocycles. The molecule has 1 N–H and O–H groups in total. The molecule has 0 radical (unpaired) electrons. The van der Waals surface area contributed by atoms with E-state index in [2.05, 4.69) is 17.2 Å². The van der Waals surface area contributed by atoms with Gasteiger partial charge in [-0.1, -0.05) is 19.1 Å². The van der Waals surface area contributed by atoms with Crippen LogP contribution in [0.1, 0.15) is 29.5 Å². The number of nitrogens with one attached hydrogen (secondary N) is 1. The highest BCUT2D eigenvalue weighted by atomic mass is 32.1. The van der Waals surface area contributed by atoms with Crippen molar-refractivity contribution in [3.05, 3.63) is 40.4 Å². The summed E-state index contributed by atoms with van der Waals surface area (Å²) in [5, 5.41) is 3.53. The molecule has 1 atom stereocenters. The van der Waals surface area contributed by atoms with Crippen molar-refractivity contribution < 1.29 is 9.53 Å². The lowest BCUT2D eigenvalue weighted by Crippen LogP contribution is -2.20. The Kier molecular flexibility index (Phi) is 4.43. The monoisotopic (exact) mass is 316 g/mol. The van der Waals surface area contributed by atoms with E-state index in [-0.39, 0.29) is 12.5 Å². The summed E-state index contributed by atoms with van der Waals surface area (Å²) in [5.41, 5.74) is 2.26. The molecular formula is C17H20N2O2S. The summed E-state index contributed by atoms with van der Waals surface area (Å²) in [6.45, 7) is 4.26. The summed E-state index contributed by atoms with van der Waals surface area (Å²) in [6, 6.07) is 7.67. The number of anilines is 1. The highest BCUT2D eigenvalue weighted by molar-refractivity contribution is 7.15. The third-order valence-corrected chi connectivity index (χ3v) is 4.83. The van der Waals surface area contributed by atoms with Gasteiger partial charge in [0.15, 0.2) is 11.7 Å². The van der Waals surface area contributed by atoms with Crippen LogP contribution in [0.25, 0.3) is 0 Å². The molecule has 1 aromatic carbocycles. The Morgan fingerprint density at radius 2 is 2.36 bits per heavy atom. The lowest BCUT2D eigenvalue weighted by atomic mass is 9.93. The minimum atomic E-state index is -0.166. The maximum Gasteiger partial charge on any atom is 0.264 e. The number of fused-ring (bicyclic) bond motifs is 1. The van der Waals surface area contributed by atoms with Crippen LogP contribution in [0.5, 0.6) is 5.75 Å². The molecule has 4 nitrogen and oxygen atoms in total. The second-order valence-corrected chi connectivity index (χ2v) is 6.97. The molecule has 1 heterocycles. The molecule has 1 aliphatic carbocycles. The zero-order chi connectivity index (χ0) is 15.5. The van der Waals surface area contributed by atoms with E-state index in [0.29, 0.717) is 16.8 Å². The molecule has 0 spiro atoms. The van der Waals surface area contributed by atoms with Crippen LogP contribution in [-0.2, 0) is 17.6 Å². The molecule has 1 amide bonds. The summed E-state index contributed by atoms with van der Waals surface area (Å²) < 4.78 is 5.50. The van der Waals surface area contributed by atoms with E-state index >= 15 is 0 Å². The van der Waals surface area contributed by atoms with Crippen molar-refractivity contribution in [3.63, 3.8) is 0 Å². The van der Waals surface area contributed by atoms with E-state index in [1.165, 1.54) is 11.3 Å². The average molecular weight is 316 g/mol. The zero-order valence-corrected chi connectivity index (χ0v) is 13.7. The van der Waals surface area contributed by atoms with E-state index in [4.69, 9.17) is 4.74 Å². The third-order valence-electron chi connectivity index (χ3n) is 3.79. The number of carbonyl (C=O) groups excluding carboxylic acids is 1. The van der Waals surface area contributed by atoms with Gasteiger partial charge in [0.2, 0.25) is 0 Å². The van der Waals surface area contributed by atoms with Crippen LogP contribution in [0.4, 0.5) is 5.13 Å². The van der Waals surface area contributed by atoms with Gasteiger partial charge in [-0.3, -0.25) is 10.1 Å². The van der Waals surface area contributed by atoms with E-state index in [1.54, 1.807) is 11.3 Å². The molecule has 3 rings (SSSR count). The van der Waals surface area contributed by atoms with Gasteiger partial charge in [0, 0.05) is 4.88 Å². The molecular weight excluding hydrogens is 296 g/mol. The number of amides is 1. The van der Waals surface area contributed by atoms with Crippen molar-refractivity contribution in [2.24, 2.45) is 5.92 Å². The Labute approximate surface area is 134 Å². The van der Waals surface area contributed by atoms with Crippen LogP contribution < -0.4 is 10.1 Å². The Hall–Kier alpha value is -1.88. The van der Waals surface area contributed by atoms with Crippen molar-refractivity contribution in [1.82, 2.24) is 4.98 Å². The fourth-order valence-corrected chi connectivity index (χ4v) is 3.79. The standard InChI is InChI=1S/C17H20N2O2S/c1-11-4-3-5-13(8-11)21-10-16(20)19-17-18-14-7-6-12(2)9-15(14)22-17/h3-5,8,12H,6-7,9-10H2,1-2H3,(H,18,19,20)/t12-/m0/s1. The number of benzene rings is 1. The molecule has 5 heteroatoms. The molecule has 116 valence electrons. The lowest BCUT2D eigenvalue weighted by Gasteiger charge is -2.15. The van der Waals surface area contributed by atoms with Crippen LogP contribution in [-0.4, -0.2) is 17.5 Å². The second-order valence-electron chi connectivity index (χ2n) is 5.89. The molecule has 0 fully saturated rings. The first-order valence-electron chi connectivity index (χ1n) is 7.58. The molecule has 0 bridgehead atoms. The van der Waals surface area contributed by atoms with Gasteiger partial charge >= 0.3 is 0 Å². The van der Waals surface area contributed by atoms with E-state index in [9.17, 15) is 4.79 Å². The first-order chi connectivity index (χ1) is 10.6. The summed E-state index contributed by atoms with van der Waals surface area (Å²) in [6.07, 6.45) is 3.27. The van der Waals surface area contributed by atoms with Crippen molar-refractivity contribution in [2.45, 2.75) is 33.1 Å². The van der Waals surface area contributed by atoms with Crippen LogP contribution in [0.15, 0.2) is 24.3 Å². The fraction of sp³-hybridized carbons (Fsp3) is 0.412. The largest absolute Gasteiger partial charge is 0.484 e.